The molecule has 0 bridgehead atoms. The standard InChI is InChI=1S/C23H27FN4O2/c1-16-3-2-4-18(13-16)28-11-9-27(10-12-28)8-7-25-23(30)20-15-22(29)26-21-14-17(24)5-6-19(20)21/h2-6,13-14,20H,7-12,15H2,1H3,(H,25,30)(H,26,29). The van der Waals surface area contributed by atoms with E-state index in [1.54, 1.807) is 6.07 Å². The van der Waals surface area contributed by atoms with Gasteiger partial charge in [0.15, 0.2) is 0 Å². The molecule has 1 unspecified atom stereocenters. The second kappa shape index (κ2) is 8.83. The Morgan fingerprint density at radius 3 is 2.73 bits per heavy atom. The van der Waals surface area contributed by atoms with Crippen molar-refractivity contribution in [2.24, 2.45) is 0 Å². The molecule has 0 radical (unpaired) electrons. The van der Waals surface area contributed by atoms with Gasteiger partial charge in [-0.2, -0.15) is 0 Å². The van der Waals surface area contributed by atoms with Crippen LogP contribution in [0.3, 0.4) is 0 Å². The Morgan fingerprint density at radius 2 is 1.97 bits per heavy atom. The molecule has 0 spiro atoms. The monoisotopic (exact) mass is 410 g/mol. The lowest BCUT2D eigenvalue weighted by Crippen LogP contribution is -2.48. The Bertz CT molecular complexity index is 941. The van der Waals surface area contributed by atoms with Gasteiger partial charge in [0.05, 0.1) is 5.92 Å². The highest BCUT2D eigenvalue weighted by Crippen LogP contribution is 2.32. The SMILES string of the molecule is Cc1cccc(N2CCN(CCNC(=O)C3CC(=O)Nc4cc(F)ccc43)CC2)c1. The van der Waals surface area contributed by atoms with E-state index in [2.05, 4.69) is 51.6 Å². The summed E-state index contributed by atoms with van der Waals surface area (Å²) in [6.07, 6.45) is 0.0830. The fourth-order valence-corrected chi connectivity index (χ4v) is 4.19. The maximum Gasteiger partial charge on any atom is 0.228 e. The van der Waals surface area contributed by atoms with E-state index in [4.69, 9.17) is 0 Å². The van der Waals surface area contributed by atoms with Crippen LogP contribution in [0.25, 0.3) is 0 Å². The van der Waals surface area contributed by atoms with E-state index in [0.717, 1.165) is 32.7 Å². The van der Waals surface area contributed by atoms with Gasteiger partial charge in [-0.25, -0.2) is 4.39 Å². The Kier molecular flexibility index (Phi) is 5.99. The summed E-state index contributed by atoms with van der Waals surface area (Å²) in [5.74, 6) is -1.45. The van der Waals surface area contributed by atoms with E-state index in [1.165, 1.54) is 23.4 Å². The first-order valence-corrected chi connectivity index (χ1v) is 10.4. The number of carbonyl (C=O) groups excluding carboxylic acids is 2. The minimum Gasteiger partial charge on any atom is -0.369 e. The summed E-state index contributed by atoms with van der Waals surface area (Å²) in [7, 11) is 0. The number of hydrogen-bond donors (Lipinski definition) is 2. The first-order valence-electron chi connectivity index (χ1n) is 10.4. The maximum absolute atomic E-state index is 13.5. The van der Waals surface area contributed by atoms with Crippen LogP contribution in [0.4, 0.5) is 15.8 Å². The minimum atomic E-state index is -0.576. The third-order valence-corrected chi connectivity index (χ3v) is 5.84. The number of aryl methyl sites for hydroxylation is 1. The van der Waals surface area contributed by atoms with E-state index in [1.807, 2.05) is 0 Å². The summed E-state index contributed by atoms with van der Waals surface area (Å²) in [6.45, 7) is 7.20. The first kappa shape index (κ1) is 20.3. The van der Waals surface area contributed by atoms with Gasteiger partial charge < -0.3 is 15.5 Å². The third-order valence-electron chi connectivity index (χ3n) is 5.84. The molecule has 2 aliphatic heterocycles. The Morgan fingerprint density at radius 1 is 1.17 bits per heavy atom. The number of amides is 2. The van der Waals surface area contributed by atoms with Gasteiger partial charge in [0.1, 0.15) is 5.82 Å². The number of nitrogens with zero attached hydrogens (tertiary/aromatic N) is 2. The quantitative estimate of drug-likeness (QED) is 0.795. The smallest absolute Gasteiger partial charge is 0.228 e. The van der Waals surface area contributed by atoms with Gasteiger partial charge in [-0.1, -0.05) is 18.2 Å². The zero-order valence-electron chi connectivity index (χ0n) is 17.2. The number of nitrogens with one attached hydrogen (secondary N) is 2. The van der Waals surface area contributed by atoms with Gasteiger partial charge in [0, 0.05) is 57.1 Å². The lowest BCUT2D eigenvalue weighted by atomic mass is 9.89. The maximum atomic E-state index is 13.5. The van der Waals surface area contributed by atoms with Crippen molar-refractivity contribution in [2.75, 3.05) is 49.5 Å². The highest BCUT2D eigenvalue weighted by molar-refractivity contribution is 6.01. The number of fused-ring (bicyclic) bond motifs is 1. The predicted octanol–water partition coefficient (Wildman–Crippen LogP) is 2.50. The van der Waals surface area contributed by atoms with Crippen LogP contribution in [-0.4, -0.2) is 56.0 Å². The average Bonchev–Trinajstić information content (AvgIpc) is 2.73. The van der Waals surface area contributed by atoms with Crippen molar-refractivity contribution in [3.05, 3.63) is 59.4 Å². The number of piperazine rings is 1. The van der Waals surface area contributed by atoms with Crippen LogP contribution in [0, 0.1) is 12.7 Å². The molecule has 2 amide bonds. The fraction of sp³-hybridized carbons (Fsp3) is 0.391. The summed E-state index contributed by atoms with van der Waals surface area (Å²) in [5.41, 5.74) is 3.57. The Hall–Kier alpha value is -2.93. The van der Waals surface area contributed by atoms with Crippen LogP contribution in [-0.2, 0) is 9.59 Å². The molecule has 6 nitrogen and oxygen atoms in total. The van der Waals surface area contributed by atoms with Crippen LogP contribution in [0.2, 0.25) is 0 Å². The summed E-state index contributed by atoms with van der Waals surface area (Å²) in [4.78, 5) is 29.3. The number of rotatable bonds is 5. The lowest BCUT2D eigenvalue weighted by molar-refractivity contribution is -0.126. The largest absolute Gasteiger partial charge is 0.369 e. The molecule has 1 atom stereocenters. The topological polar surface area (TPSA) is 64.7 Å². The number of anilines is 2. The zero-order chi connectivity index (χ0) is 21.1. The van der Waals surface area contributed by atoms with Gasteiger partial charge in [-0.15, -0.1) is 0 Å². The minimum absolute atomic E-state index is 0.0830. The predicted molar refractivity (Wildman–Crippen MR) is 115 cm³/mol. The summed E-state index contributed by atoms with van der Waals surface area (Å²) in [5, 5.41) is 5.60. The highest BCUT2D eigenvalue weighted by Gasteiger charge is 2.30. The molecule has 1 fully saturated rings. The van der Waals surface area contributed by atoms with E-state index in [0.29, 0.717) is 17.8 Å². The van der Waals surface area contributed by atoms with Gasteiger partial charge in [0.2, 0.25) is 11.8 Å². The van der Waals surface area contributed by atoms with E-state index < -0.39 is 11.7 Å². The van der Waals surface area contributed by atoms with Crippen LogP contribution < -0.4 is 15.5 Å². The van der Waals surface area contributed by atoms with Gasteiger partial charge in [-0.05, 0) is 42.3 Å². The summed E-state index contributed by atoms with van der Waals surface area (Å²) >= 11 is 0. The van der Waals surface area contributed by atoms with Crippen molar-refractivity contribution in [3.8, 4) is 0 Å². The molecule has 0 aliphatic carbocycles. The lowest BCUT2D eigenvalue weighted by Gasteiger charge is -2.36. The highest BCUT2D eigenvalue weighted by atomic mass is 19.1. The molecular formula is C23H27FN4O2. The molecule has 7 heteroatoms. The van der Waals surface area contributed by atoms with Crippen molar-refractivity contribution in [2.45, 2.75) is 19.3 Å². The van der Waals surface area contributed by atoms with Crippen molar-refractivity contribution >= 4 is 23.2 Å². The van der Waals surface area contributed by atoms with Crippen molar-refractivity contribution in [1.82, 2.24) is 10.2 Å². The average molecular weight is 410 g/mol. The molecule has 4 rings (SSSR count). The molecule has 158 valence electrons. The van der Waals surface area contributed by atoms with Crippen LogP contribution in [0.15, 0.2) is 42.5 Å². The van der Waals surface area contributed by atoms with E-state index in [-0.39, 0.29) is 18.2 Å². The van der Waals surface area contributed by atoms with Crippen molar-refractivity contribution in [3.63, 3.8) is 0 Å². The van der Waals surface area contributed by atoms with Crippen LogP contribution in [0.5, 0.6) is 0 Å². The number of halogens is 1. The van der Waals surface area contributed by atoms with Crippen molar-refractivity contribution in [1.29, 1.82) is 0 Å². The molecule has 0 saturated carbocycles. The van der Waals surface area contributed by atoms with Gasteiger partial charge in [-0.3, -0.25) is 14.5 Å². The van der Waals surface area contributed by atoms with E-state index >= 15 is 0 Å². The fourth-order valence-electron chi connectivity index (χ4n) is 4.19. The summed E-state index contributed by atoms with van der Waals surface area (Å²) in [6, 6.07) is 12.7. The van der Waals surface area contributed by atoms with Gasteiger partial charge in [0.25, 0.3) is 0 Å². The number of carbonyl (C=O) groups is 2. The molecular weight excluding hydrogens is 383 g/mol. The third kappa shape index (κ3) is 4.62. The molecule has 2 aliphatic rings. The zero-order valence-corrected chi connectivity index (χ0v) is 17.2. The van der Waals surface area contributed by atoms with Crippen LogP contribution >= 0.6 is 0 Å². The Labute approximate surface area is 176 Å². The number of hydrogen-bond acceptors (Lipinski definition) is 4. The molecule has 2 heterocycles. The molecule has 0 aromatic heterocycles. The van der Waals surface area contributed by atoms with E-state index in [9.17, 15) is 14.0 Å². The second-order valence-electron chi connectivity index (χ2n) is 8.00. The second-order valence-corrected chi connectivity index (χ2v) is 8.00. The van der Waals surface area contributed by atoms with Crippen molar-refractivity contribution < 1.29 is 14.0 Å². The molecule has 30 heavy (non-hydrogen) atoms. The molecule has 2 aromatic carbocycles. The Balaban J connectivity index is 1.26. The van der Waals surface area contributed by atoms with Crippen LogP contribution in [0.1, 0.15) is 23.5 Å². The molecule has 2 N–H and O–H groups in total. The number of benzene rings is 2. The molecule has 2 aromatic rings. The first-order chi connectivity index (χ1) is 14.5. The normalized spacial score (nSPS) is 19.2. The summed E-state index contributed by atoms with van der Waals surface area (Å²) < 4.78 is 13.5. The van der Waals surface area contributed by atoms with Gasteiger partial charge >= 0.3 is 0 Å². The molecule has 1 saturated heterocycles.